The lowest BCUT2D eigenvalue weighted by Gasteiger charge is -2.10. The van der Waals surface area contributed by atoms with Gasteiger partial charge in [0.25, 0.3) is 5.91 Å². The number of oxazole rings is 1. The minimum absolute atomic E-state index is 0.124. The van der Waals surface area contributed by atoms with Crippen LogP contribution in [0.1, 0.15) is 21.6 Å². The first-order valence-electron chi connectivity index (χ1n) is 8.69. The molecule has 6 nitrogen and oxygen atoms in total. The summed E-state index contributed by atoms with van der Waals surface area (Å²) >= 11 is 0. The van der Waals surface area contributed by atoms with Crippen molar-refractivity contribution in [3.8, 4) is 11.3 Å². The SMILES string of the molecule is Cc1cnn(Cc2ccccc2)c1NC(=O)c1ncoc1-c1ccc(F)cc1. The first-order valence-corrected chi connectivity index (χ1v) is 8.69. The Labute approximate surface area is 160 Å². The Morgan fingerprint density at radius 1 is 1.14 bits per heavy atom. The number of benzene rings is 2. The quantitative estimate of drug-likeness (QED) is 0.564. The molecule has 7 heteroatoms. The molecule has 4 rings (SSSR count). The number of anilines is 1. The Morgan fingerprint density at radius 3 is 2.64 bits per heavy atom. The number of hydrogen-bond acceptors (Lipinski definition) is 4. The molecule has 1 amide bonds. The van der Waals surface area contributed by atoms with Gasteiger partial charge in [0.2, 0.25) is 0 Å². The van der Waals surface area contributed by atoms with Gasteiger partial charge < -0.3 is 9.73 Å². The average molecular weight is 376 g/mol. The van der Waals surface area contributed by atoms with Crippen LogP contribution >= 0.6 is 0 Å². The third kappa shape index (κ3) is 3.55. The highest BCUT2D eigenvalue weighted by Crippen LogP contribution is 2.25. The normalized spacial score (nSPS) is 10.8. The van der Waals surface area contributed by atoms with Crippen molar-refractivity contribution in [3.63, 3.8) is 0 Å². The fraction of sp³-hybridized carbons (Fsp3) is 0.0952. The highest BCUT2D eigenvalue weighted by Gasteiger charge is 2.21. The van der Waals surface area contributed by atoms with Gasteiger partial charge in [0, 0.05) is 11.1 Å². The highest BCUT2D eigenvalue weighted by molar-refractivity contribution is 6.06. The van der Waals surface area contributed by atoms with Gasteiger partial charge in [-0.3, -0.25) is 4.79 Å². The smallest absolute Gasteiger partial charge is 0.279 e. The van der Waals surface area contributed by atoms with Gasteiger partial charge in [-0.2, -0.15) is 5.10 Å². The van der Waals surface area contributed by atoms with Gasteiger partial charge in [0.05, 0.1) is 12.7 Å². The van der Waals surface area contributed by atoms with Crippen LogP contribution in [-0.4, -0.2) is 20.7 Å². The zero-order valence-electron chi connectivity index (χ0n) is 15.1. The summed E-state index contributed by atoms with van der Waals surface area (Å²) in [6.45, 7) is 2.39. The van der Waals surface area contributed by atoms with E-state index in [9.17, 15) is 9.18 Å². The summed E-state index contributed by atoms with van der Waals surface area (Å²) in [4.78, 5) is 16.9. The molecule has 1 N–H and O–H groups in total. The van der Waals surface area contributed by atoms with Crippen molar-refractivity contribution in [1.82, 2.24) is 14.8 Å². The van der Waals surface area contributed by atoms with Crippen molar-refractivity contribution in [1.29, 1.82) is 0 Å². The van der Waals surface area contributed by atoms with E-state index in [-0.39, 0.29) is 17.3 Å². The number of hydrogen-bond donors (Lipinski definition) is 1. The molecule has 0 aliphatic carbocycles. The number of amides is 1. The van der Waals surface area contributed by atoms with E-state index in [0.29, 0.717) is 17.9 Å². The maximum absolute atomic E-state index is 13.2. The maximum Gasteiger partial charge on any atom is 0.279 e. The number of nitrogens with zero attached hydrogens (tertiary/aromatic N) is 3. The Balaban J connectivity index is 1.59. The van der Waals surface area contributed by atoms with E-state index in [4.69, 9.17) is 4.42 Å². The molecular formula is C21H17FN4O2. The Kier molecular flexibility index (Phi) is 4.72. The predicted octanol–water partition coefficient (Wildman–Crippen LogP) is 4.29. The Bertz CT molecular complexity index is 1100. The van der Waals surface area contributed by atoms with Crippen LogP contribution in [0.2, 0.25) is 0 Å². The minimum Gasteiger partial charge on any atom is -0.443 e. The number of nitrogens with one attached hydrogen (secondary N) is 1. The first-order chi connectivity index (χ1) is 13.6. The van der Waals surface area contributed by atoms with E-state index >= 15 is 0 Å². The van der Waals surface area contributed by atoms with Gasteiger partial charge in [-0.15, -0.1) is 0 Å². The lowest BCUT2D eigenvalue weighted by atomic mass is 10.1. The fourth-order valence-electron chi connectivity index (χ4n) is 2.90. The summed E-state index contributed by atoms with van der Waals surface area (Å²) in [6.07, 6.45) is 2.89. The average Bonchev–Trinajstić information content (AvgIpc) is 3.32. The van der Waals surface area contributed by atoms with Gasteiger partial charge in [0.1, 0.15) is 11.6 Å². The molecule has 28 heavy (non-hydrogen) atoms. The van der Waals surface area contributed by atoms with Crippen molar-refractivity contribution in [2.45, 2.75) is 13.5 Å². The second-order valence-corrected chi connectivity index (χ2v) is 6.31. The molecule has 0 radical (unpaired) electrons. The van der Waals surface area contributed by atoms with Gasteiger partial charge in [0.15, 0.2) is 17.8 Å². The molecule has 0 saturated carbocycles. The number of carbonyl (C=O) groups excluding carboxylic acids is 1. The lowest BCUT2D eigenvalue weighted by molar-refractivity contribution is 0.102. The molecule has 4 aromatic rings. The van der Waals surface area contributed by atoms with E-state index in [1.54, 1.807) is 10.9 Å². The monoisotopic (exact) mass is 376 g/mol. The van der Waals surface area contributed by atoms with Crippen molar-refractivity contribution in [2.24, 2.45) is 0 Å². The zero-order chi connectivity index (χ0) is 19.5. The minimum atomic E-state index is -0.425. The van der Waals surface area contributed by atoms with Crippen LogP contribution in [-0.2, 0) is 6.54 Å². The van der Waals surface area contributed by atoms with E-state index in [2.05, 4.69) is 15.4 Å². The molecule has 0 fully saturated rings. The molecule has 140 valence electrons. The maximum atomic E-state index is 13.2. The standard InChI is InChI=1S/C21H17FN4O2/c1-14-11-24-26(12-15-5-3-2-4-6-15)20(14)25-21(27)18-19(28-13-23-18)16-7-9-17(22)10-8-16/h2-11,13H,12H2,1H3,(H,25,27). The number of carbonyl (C=O) groups is 1. The molecule has 0 aliphatic rings. The summed E-state index contributed by atoms with van der Waals surface area (Å²) in [7, 11) is 0. The van der Waals surface area contributed by atoms with Crippen LogP contribution < -0.4 is 5.32 Å². The molecular weight excluding hydrogens is 359 g/mol. The van der Waals surface area contributed by atoms with Crippen molar-refractivity contribution in [3.05, 3.63) is 89.8 Å². The second-order valence-electron chi connectivity index (χ2n) is 6.31. The highest BCUT2D eigenvalue weighted by atomic mass is 19.1. The van der Waals surface area contributed by atoms with E-state index < -0.39 is 5.91 Å². The van der Waals surface area contributed by atoms with Gasteiger partial charge in [-0.25, -0.2) is 14.1 Å². The zero-order valence-corrected chi connectivity index (χ0v) is 15.1. The number of aryl methyl sites for hydroxylation is 1. The van der Waals surface area contributed by atoms with Crippen LogP contribution in [0, 0.1) is 12.7 Å². The molecule has 0 aliphatic heterocycles. The van der Waals surface area contributed by atoms with Crippen LogP contribution in [0.4, 0.5) is 10.2 Å². The molecule has 0 saturated heterocycles. The number of rotatable bonds is 5. The van der Waals surface area contributed by atoms with Gasteiger partial charge in [-0.05, 0) is 36.8 Å². The van der Waals surface area contributed by atoms with Crippen LogP contribution in [0.25, 0.3) is 11.3 Å². The van der Waals surface area contributed by atoms with E-state index in [1.165, 1.54) is 30.7 Å². The van der Waals surface area contributed by atoms with Gasteiger partial charge in [-0.1, -0.05) is 30.3 Å². The van der Waals surface area contributed by atoms with Crippen LogP contribution in [0.5, 0.6) is 0 Å². The topological polar surface area (TPSA) is 73.0 Å². The number of aromatic nitrogens is 3. The third-order valence-electron chi connectivity index (χ3n) is 4.32. The van der Waals surface area contributed by atoms with Crippen molar-refractivity contribution >= 4 is 11.7 Å². The summed E-state index contributed by atoms with van der Waals surface area (Å²) in [5.74, 6) is 0.0758. The Morgan fingerprint density at radius 2 is 1.89 bits per heavy atom. The molecule has 0 bridgehead atoms. The summed E-state index contributed by atoms with van der Waals surface area (Å²) in [5, 5.41) is 7.22. The predicted molar refractivity (Wildman–Crippen MR) is 102 cm³/mol. The van der Waals surface area contributed by atoms with Gasteiger partial charge >= 0.3 is 0 Å². The number of halogens is 1. The molecule has 0 unspecified atom stereocenters. The largest absolute Gasteiger partial charge is 0.443 e. The second kappa shape index (κ2) is 7.48. The third-order valence-corrected chi connectivity index (χ3v) is 4.32. The molecule has 0 spiro atoms. The summed E-state index contributed by atoms with van der Waals surface area (Å²) in [6, 6.07) is 15.5. The molecule has 2 aromatic carbocycles. The molecule has 2 aromatic heterocycles. The van der Waals surface area contributed by atoms with Crippen LogP contribution in [0.15, 0.2) is 71.6 Å². The summed E-state index contributed by atoms with van der Waals surface area (Å²) in [5.41, 5.74) is 2.59. The van der Waals surface area contributed by atoms with Crippen LogP contribution in [0.3, 0.4) is 0 Å². The Hall–Kier alpha value is -3.74. The molecule has 0 atom stereocenters. The lowest BCUT2D eigenvalue weighted by Crippen LogP contribution is -2.18. The van der Waals surface area contributed by atoms with E-state index in [0.717, 1.165) is 11.1 Å². The van der Waals surface area contributed by atoms with Crippen molar-refractivity contribution < 1.29 is 13.6 Å². The van der Waals surface area contributed by atoms with Crippen molar-refractivity contribution in [2.75, 3.05) is 5.32 Å². The summed E-state index contributed by atoms with van der Waals surface area (Å²) < 4.78 is 20.3. The molecule has 2 heterocycles. The first kappa shape index (κ1) is 17.7. The van der Waals surface area contributed by atoms with E-state index in [1.807, 2.05) is 37.3 Å². The fourth-order valence-corrected chi connectivity index (χ4v) is 2.90.